The average Bonchev–Trinajstić information content (AvgIpc) is 2.43. The van der Waals surface area contributed by atoms with E-state index in [1.165, 1.54) is 0 Å². The number of nitrogens with one attached hydrogen (secondary N) is 2. The Bertz CT molecular complexity index is 440. The molecule has 0 bridgehead atoms. The van der Waals surface area contributed by atoms with Crippen molar-refractivity contribution in [1.29, 1.82) is 0 Å². The van der Waals surface area contributed by atoms with Crippen LogP contribution in [0.5, 0.6) is 5.75 Å². The number of carbonyl (C=O) groups is 1. The first-order chi connectivity index (χ1) is 9.58. The second-order valence-corrected chi connectivity index (χ2v) is 4.76. The maximum Gasteiger partial charge on any atom is 0.242 e. The third-order valence-electron chi connectivity index (χ3n) is 2.75. The second-order valence-electron chi connectivity index (χ2n) is 4.35. The summed E-state index contributed by atoms with van der Waals surface area (Å²) in [6.07, 6.45) is 0.795. The van der Waals surface area contributed by atoms with Crippen molar-refractivity contribution in [3.8, 4) is 5.75 Å². The lowest BCUT2D eigenvalue weighted by Crippen LogP contribution is -2.38. The highest BCUT2D eigenvalue weighted by Crippen LogP contribution is 2.27. The van der Waals surface area contributed by atoms with Gasteiger partial charge >= 0.3 is 0 Å². The van der Waals surface area contributed by atoms with Crippen LogP contribution >= 0.6 is 11.6 Å². The zero-order chi connectivity index (χ0) is 15.0. The standard InChI is InChI=1S/C14H21ClN2O3/c1-10(14(18)16-7-4-8-19-2)17-11-5-6-13(20-3)12(15)9-11/h5-6,9-10,17H,4,7-8H2,1-3H3,(H,16,18). The lowest BCUT2D eigenvalue weighted by Gasteiger charge is -2.16. The smallest absolute Gasteiger partial charge is 0.242 e. The van der Waals surface area contributed by atoms with E-state index in [1.807, 2.05) is 6.07 Å². The van der Waals surface area contributed by atoms with Crippen LogP contribution in [0.25, 0.3) is 0 Å². The normalized spacial score (nSPS) is 11.8. The molecule has 0 aromatic heterocycles. The number of hydrogen-bond acceptors (Lipinski definition) is 4. The Morgan fingerprint density at radius 1 is 1.40 bits per heavy atom. The summed E-state index contributed by atoms with van der Waals surface area (Å²) in [5.41, 5.74) is 0.773. The van der Waals surface area contributed by atoms with E-state index >= 15 is 0 Å². The molecule has 5 nitrogen and oxygen atoms in total. The molecular weight excluding hydrogens is 280 g/mol. The molecule has 1 atom stereocenters. The first-order valence-corrected chi connectivity index (χ1v) is 6.83. The minimum Gasteiger partial charge on any atom is -0.495 e. The first-order valence-electron chi connectivity index (χ1n) is 6.45. The minimum atomic E-state index is -0.345. The maximum absolute atomic E-state index is 11.8. The average molecular weight is 301 g/mol. The van der Waals surface area contributed by atoms with Gasteiger partial charge in [0.15, 0.2) is 0 Å². The number of ether oxygens (including phenoxy) is 2. The van der Waals surface area contributed by atoms with E-state index in [4.69, 9.17) is 21.1 Å². The van der Waals surface area contributed by atoms with Gasteiger partial charge in [-0.15, -0.1) is 0 Å². The molecule has 0 fully saturated rings. The van der Waals surface area contributed by atoms with E-state index in [0.29, 0.717) is 23.9 Å². The first kappa shape index (κ1) is 16.6. The third kappa shape index (κ3) is 5.27. The number of amides is 1. The van der Waals surface area contributed by atoms with Gasteiger partial charge in [-0.05, 0) is 31.5 Å². The van der Waals surface area contributed by atoms with Crippen molar-refractivity contribution in [1.82, 2.24) is 5.32 Å². The van der Waals surface area contributed by atoms with Gasteiger partial charge in [0.1, 0.15) is 11.8 Å². The molecule has 0 aliphatic rings. The molecule has 0 radical (unpaired) electrons. The summed E-state index contributed by atoms with van der Waals surface area (Å²) >= 11 is 6.03. The van der Waals surface area contributed by atoms with Gasteiger partial charge in [-0.25, -0.2) is 0 Å². The van der Waals surface area contributed by atoms with Gasteiger partial charge in [-0.1, -0.05) is 11.6 Å². The molecule has 0 saturated carbocycles. The van der Waals surface area contributed by atoms with Crippen LogP contribution in [-0.2, 0) is 9.53 Å². The molecule has 0 aliphatic heterocycles. The van der Waals surface area contributed by atoms with Crippen molar-refractivity contribution in [2.45, 2.75) is 19.4 Å². The number of halogens is 1. The summed E-state index contributed by atoms with van der Waals surface area (Å²) in [6.45, 7) is 3.03. The molecule has 0 aliphatic carbocycles. The predicted molar refractivity (Wildman–Crippen MR) is 80.6 cm³/mol. The quantitative estimate of drug-likeness (QED) is 0.723. The summed E-state index contributed by atoms with van der Waals surface area (Å²) in [7, 11) is 3.20. The molecule has 2 N–H and O–H groups in total. The van der Waals surface area contributed by atoms with Crippen molar-refractivity contribution in [3.05, 3.63) is 23.2 Å². The minimum absolute atomic E-state index is 0.0620. The van der Waals surface area contributed by atoms with Crippen LogP contribution in [0, 0.1) is 0 Å². The SMILES string of the molecule is COCCCNC(=O)C(C)Nc1ccc(OC)c(Cl)c1. The molecular formula is C14H21ClN2O3. The molecule has 1 amide bonds. The van der Waals surface area contributed by atoms with Crippen LogP contribution in [0.15, 0.2) is 18.2 Å². The Morgan fingerprint density at radius 3 is 2.75 bits per heavy atom. The van der Waals surface area contributed by atoms with Crippen molar-refractivity contribution < 1.29 is 14.3 Å². The molecule has 0 saturated heterocycles. The molecule has 112 valence electrons. The molecule has 1 aromatic carbocycles. The molecule has 20 heavy (non-hydrogen) atoms. The van der Waals surface area contributed by atoms with E-state index in [0.717, 1.165) is 12.1 Å². The van der Waals surface area contributed by atoms with Gasteiger partial charge in [-0.2, -0.15) is 0 Å². The summed E-state index contributed by atoms with van der Waals surface area (Å²) in [5, 5.41) is 6.43. The van der Waals surface area contributed by atoms with Gasteiger partial charge in [0, 0.05) is 25.9 Å². The van der Waals surface area contributed by atoms with Gasteiger partial charge in [-0.3, -0.25) is 4.79 Å². The second kappa shape index (κ2) is 8.66. The number of hydrogen-bond donors (Lipinski definition) is 2. The highest BCUT2D eigenvalue weighted by atomic mass is 35.5. The van der Waals surface area contributed by atoms with E-state index in [-0.39, 0.29) is 11.9 Å². The van der Waals surface area contributed by atoms with Crippen LogP contribution in [-0.4, -0.2) is 39.3 Å². The Hall–Kier alpha value is -1.46. The van der Waals surface area contributed by atoms with Gasteiger partial charge in [0.2, 0.25) is 5.91 Å². The number of methoxy groups -OCH3 is 2. The largest absolute Gasteiger partial charge is 0.495 e. The molecule has 0 spiro atoms. The fourth-order valence-electron chi connectivity index (χ4n) is 1.65. The Labute approximate surface area is 124 Å². The van der Waals surface area contributed by atoms with Crippen LogP contribution in [0.1, 0.15) is 13.3 Å². The Kier molecular flexibility index (Phi) is 7.18. The maximum atomic E-state index is 11.8. The lowest BCUT2D eigenvalue weighted by atomic mass is 10.2. The zero-order valence-corrected chi connectivity index (χ0v) is 12.8. The lowest BCUT2D eigenvalue weighted by molar-refractivity contribution is -0.121. The summed E-state index contributed by atoms with van der Waals surface area (Å²) in [4.78, 5) is 11.8. The molecule has 1 aromatic rings. The third-order valence-corrected chi connectivity index (χ3v) is 3.05. The van der Waals surface area contributed by atoms with E-state index in [2.05, 4.69) is 10.6 Å². The summed E-state index contributed by atoms with van der Waals surface area (Å²) in [5.74, 6) is 0.543. The zero-order valence-electron chi connectivity index (χ0n) is 12.0. The van der Waals surface area contributed by atoms with Gasteiger partial charge in [0.25, 0.3) is 0 Å². The van der Waals surface area contributed by atoms with Crippen LogP contribution in [0.3, 0.4) is 0 Å². The molecule has 0 heterocycles. The van der Waals surface area contributed by atoms with Crippen molar-refractivity contribution >= 4 is 23.2 Å². The number of benzene rings is 1. The van der Waals surface area contributed by atoms with Crippen LogP contribution in [0.2, 0.25) is 5.02 Å². The van der Waals surface area contributed by atoms with Crippen LogP contribution in [0.4, 0.5) is 5.69 Å². The van der Waals surface area contributed by atoms with E-state index in [1.54, 1.807) is 33.3 Å². The van der Waals surface area contributed by atoms with Crippen molar-refractivity contribution in [2.24, 2.45) is 0 Å². The van der Waals surface area contributed by atoms with Crippen molar-refractivity contribution in [2.75, 3.05) is 32.7 Å². The monoisotopic (exact) mass is 300 g/mol. The number of carbonyl (C=O) groups excluding carboxylic acids is 1. The molecule has 1 unspecified atom stereocenters. The fraction of sp³-hybridized carbons (Fsp3) is 0.500. The molecule has 6 heteroatoms. The number of anilines is 1. The molecule has 1 rings (SSSR count). The highest BCUT2D eigenvalue weighted by Gasteiger charge is 2.12. The van der Waals surface area contributed by atoms with E-state index < -0.39 is 0 Å². The van der Waals surface area contributed by atoms with E-state index in [9.17, 15) is 4.79 Å². The van der Waals surface area contributed by atoms with Gasteiger partial charge in [0.05, 0.1) is 12.1 Å². The Balaban J connectivity index is 2.46. The van der Waals surface area contributed by atoms with Crippen molar-refractivity contribution in [3.63, 3.8) is 0 Å². The summed E-state index contributed by atoms with van der Waals surface area (Å²) in [6, 6.07) is 4.96. The Morgan fingerprint density at radius 2 is 2.15 bits per heavy atom. The van der Waals surface area contributed by atoms with Crippen LogP contribution < -0.4 is 15.4 Å². The highest BCUT2D eigenvalue weighted by molar-refractivity contribution is 6.32. The summed E-state index contributed by atoms with van der Waals surface area (Å²) < 4.78 is 10.00. The van der Waals surface area contributed by atoms with Gasteiger partial charge < -0.3 is 20.1 Å². The number of rotatable bonds is 8. The predicted octanol–water partition coefficient (Wildman–Crippen LogP) is 2.30. The fourth-order valence-corrected chi connectivity index (χ4v) is 1.91. The topological polar surface area (TPSA) is 59.6 Å².